The topological polar surface area (TPSA) is 20.3 Å². The van der Waals surface area contributed by atoms with Crippen LogP contribution < -0.4 is 0 Å². The minimum atomic E-state index is 0.280. The number of likely N-dealkylation sites (tertiary alicyclic amines) is 1. The maximum absolute atomic E-state index is 12.2. The Hall–Kier alpha value is -1.57. The van der Waals surface area contributed by atoms with E-state index in [2.05, 4.69) is 30.8 Å². The molecule has 1 aromatic carbocycles. The van der Waals surface area contributed by atoms with Crippen LogP contribution in [-0.2, 0) is 4.79 Å². The summed E-state index contributed by atoms with van der Waals surface area (Å²) in [7, 11) is 0. The number of carbonyl (C=O) groups excluding carboxylic acids is 1. The van der Waals surface area contributed by atoms with Crippen LogP contribution in [0.5, 0.6) is 0 Å². The van der Waals surface area contributed by atoms with Crippen LogP contribution in [0.25, 0.3) is 0 Å². The molecule has 1 atom stereocenters. The zero-order valence-electron chi connectivity index (χ0n) is 11.6. The second kappa shape index (κ2) is 7.13. The molecule has 1 aromatic rings. The third kappa shape index (κ3) is 3.95. The van der Waals surface area contributed by atoms with Gasteiger partial charge in [-0.25, -0.2) is 0 Å². The Labute approximate surface area is 116 Å². The van der Waals surface area contributed by atoms with Gasteiger partial charge in [0.05, 0.1) is 0 Å². The third-order valence-corrected chi connectivity index (χ3v) is 3.86. The molecule has 0 aliphatic carbocycles. The Kier molecular flexibility index (Phi) is 5.20. The van der Waals surface area contributed by atoms with Crippen LogP contribution in [0.15, 0.2) is 43.0 Å². The van der Waals surface area contributed by atoms with Gasteiger partial charge in [0, 0.05) is 25.4 Å². The van der Waals surface area contributed by atoms with Gasteiger partial charge >= 0.3 is 0 Å². The molecule has 1 fully saturated rings. The highest BCUT2D eigenvalue weighted by Gasteiger charge is 2.22. The van der Waals surface area contributed by atoms with Gasteiger partial charge in [-0.15, -0.1) is 6.58 Å². The van der Waals surface area contributed by atoms with E-state index in [0.29, 0.717) is 12.3 Å². The zero-order valence-corrected chi connectivity index (χ0v) is 11.6. The summed E-state index contributed by atoms with van der Waals surface area (Å²) in [6.45, 7) is 5.48. The molecule has 0 unspecified atom stereocenters. The van der Waals surface area contributed by atoms with Crippen LogP contribution in [0.4, 0.5) is 0 Å². The van der Waals surface area contributed by atoms with Crippen molar-refractivity contribution in [2.45, 2.75) is 38.0 Å². The highest BCUT2D eigenvalue weighted by Crippen LogP contribution is 2.26. The van der Waals surface area contributed by atoms with Crippen molar-refractivity contribution in [1.82, 2.24) is 4.90 Å². The molecule has 0 aromatic heterocycles. The van der Waals surface area contributed by atoms with Crippen molar-refractivity contribution < 1.29 is 4.79 Å². The lowest BCUT2D eigenvalue weighted by atomic mass is 9.94. The van der Waals surface area contributed by atoms with E-state index in [4.69, 9.17) is 0 Å². The summed E-state index contributed by atoms with van der Waals surface area (Å²) < 4.78 is 0. The fourth-order valence-electron chi connectivity index (χ4n) is 2.75. The number of rotatable bonds is 4. The molecule has 2 rings (SSSR count). The van der Waals surface area contributed by atoms with Crippen molar-refractivity contribution in [3.8, 4) is 0 Å². The Bertz CT molecular complexity index is 413. The molecule has 0 saturated carbocycles. The minimum Gasteiger partial charge on any atom is -0.342 e. The first-order valence-electron chi connectivity index (χ1n) is 7.25. The molecule has 2 heteroatoms. The van der Waals surface area contributed by atoms with E-state index < -0.39 is 0 Å². The highest BCUT2D eigenvalue weighted by molar-refractivity contribution is 5.76. The normalized spacial score (nSPS) is 19.8. The summed E-state index contributed by atoms with van der Waals surface area (Å²) in [6, 6.07) is 10.6. The third-order valence-electron chi connectivity index (χ3n) is 3.86. The molecule has 1 aliphatic heterocycles. The first-order valence-corrected chi connectivity index (χ1v) is 7.25. The summed E-state index contributed by atoms with van der Waals surface area (Å²) in [6.07, 6.45) is 6.74. The highest BCUT2D eigenvalue weighted by atomic mass is 16.2. The standard InChI is InChI=1S/C17H23NO/c1-2-3-12-17(19)18-13-8-7-11-16(14-18)15-9-5-4-6-10-15/h2,4-6,9-10,16H,1,3,7-8,11-14H2/t16-/m0/s1. The van der Waals surface area contributed by atoms with Gasteiger partial charge in [-0.05, 0) is 24.8 Å². The number of benzene rings is 1. The first-order chi connectivity index (χ1) is 9.31. The molecule has 1 heterocycles. The smallest absolute Gasteiger partial charge is 0.222 e. The van der Waals surface area contributed by atoms with Crippen LogP contribution >= 0.6 is 0 Å². The summed E-state index contributed by atoms with van der Waals surface area (Å²) in [5, 5.41) is 0. The maximum atomic E-state index is 12.2. The second-order valence-corrected chi connectivity index (χ2v) is 5.27. The largest absolute Gasteiger partial charge is 0.342 e. The minimum absolute atomic E-state index is 0.280. The molecule has 1 saturated heterocycles. The van der Waals surface area contributed by atoms with Gasteiger partial charge in [0.25, 0.3) is 0 Å². The van der Waals surface area contributed by atoms with E-state index in [1.165, 1.54) is 18.4 Å². The van der Waals surface area contributed by atoms with Gasteiger partial charge in [0.15, 0.2) is 0 Å². The molecule has 0 N–H and O–H groups in total. The lowest BCUT2D eigenvalue weighted by molar-refractivity contribution is -0.131. The van der Waals surface area contributed by atoms with E-state index >= 15 is 0 Å². The lowest BCUT2D eigenvalue weighted by Gasteiger charge is -2.24. The SMILES string of the molecule is C=CCCC(=O)N1CCCC[C@H](c2ccccc2)C1. The van der Waals surface area contributed by atoms with Crippen LogP contribution in [-0.4, -0.2) is 23.9 Å². The summed E-state index contributed by atoms with van der Waals surface area (Å²) >= 11 is 0. The molecular weight excluding hydrogens is 234 g/mol. The van der Waals surface area contributed by atoms with Crippen molar-refractivity contribution >= 4 is 5.91 Å². The molecule has 2 nitrogen and oxygen atoms in total. The van der Waals surface area contributed by atoms with Crippen molar-refractivity contribution in [1.29, 1.82) is 0 Å². The van der Waals surface area contributed by atoms with Crippen molar-refractivity contribution in [2.75, 3.05) is 13.1 Å². The molecule has 1 aliphatic rings. The molecule has 1 amide bonds. The van der Waals surface area contributed by atoms with E-state index in [1.54, 1.807) is 0 Å². The predicted molar refractivity (Wildman–Crippen MR) is 79.0 cm³/mol. The van der Waals surface area contributed by atoms with E-state index in [1.807, 2.05) is 17.0 Å². The molecule has 19 heavy (non-hydrogen) atoms. The quantitative estimate of drug-likeness (QED) is 0.752. The van der Waals surface area contributed by atoms with Gasteiger partial charge in [-0.1, -0.05) is 42.8 Å². The molecule has 0 radical (unpaired) electrons. The van der Waals surface area contributed by atoms with Crippen LogP contribution in [0.3, 0.4) is 0 Å². The van der Waals surface area contributed by atoms with Crippen molar-refractivity contribution in [3.05, 3.63) is 48.6 Å². The number of hydrogen-bond donors (Lipinski definition) is 0. The Balaban J connectivity index is 2.02. The number of carbonyl (C=O) groups is 1. The van der Waals surface area contributed by atoms with Crippen LogP contribution in [0.2, 0.25) is 0 Å². The van der Waals surface area contributed by atoms with E-state index in [9.17, 15) is 4.79 Å². The van der Waals surface area contributed by atoms with Gasteiger partial charge in [-0.3, -0.25) is 4.79 Å². The van der Waals surface area contributed by atoms with E-state index in [-0.39, 0.29) is 5.91 Å². The Morgan fingerprint density at radius 3 is 2.84 bits per heavy atom. The van der Waals surface area contributed by atoms with Crippen LogP contribution in [0.1, 0.15) is 43.6 Å². The van der Waals surface area contributed by atoms with Crippen molar-refractivity contribution in [3.63, 3.8) is 0 Å². The van der Waals surface area contributed by atoms with Gasteiger partial charge in [-0.2, -0.15) is 0 Å². The van der Waals surface area contributed by atoms with Crippen molar-refractivity contribution in [2.24, 2.45) is 0 Å². The first kappa shape index (κ1) is 13.9. The number of nitrogens with zero attached hydrogens (tertiary/aromatic N) is 1. The average molecular weight is 257 g/mol. The fraction of sp³-hybridized carbons (Fsp3) is 0.471. The predicted octanol–water partition coefficient (Wildman–Crippen LogP) is 3.75. The van der Waals surface area contributed by atoms with Gasteiger partial charge < -0.3 is 4.90 Å². The molecular formula is C17H23NO. The number of amides is 1. The maximum Gasteiger partial charge on any atom is 0.222 e. The zero-order chi connectivity index (χ0) is 13.5. The Morgan fingerprint density at radius 2 is 2.11 bits per heavy atom. The monoisotopic (exact) mass is 257 g/mol. The fourth-order valence-corrected chi connectivity index (χ4v) is 2.75. The molecule has 0 spiro atoms. The number of allylic oxidation sites excluding steroid dienone is 1. The summed E-state index contributed by atoms with van der Waals surface area (Å²) in [5.41, 5.74) is 1.37. The second-order valence-electron chi connectivity index (χ2n) is 5.27. The summed E-state index contributed by atoms with van der Waals surface area (Å²) in [4.78, 5) is 14.2. The van der Waals surface area contributed by atoms with Gasteiger partial charge in [0.1, 0.15) is 0 Å². The van der Waals surface area contributed by atoms with Crippen LogP contribution in [0, 0.1) is 0 Å². The number of hydrogen-bond acceptors (Lipinski definition) is 1. The van der Waals surface area contributed by atoms with Gasteiger partial charge in [0.2, 0.25) is 5.91 Å². The lowest BCUT2D eigenvalue weighted by Crippen LogP contribution is -2.33. The molecule has 0 bridgehead atoms. The average Bonchev–Trinajstić information content (AvgIpc) is 2.71. The van der Waals surface area contributed by atoms with E-state index in [0.717, 1.165) is 25.9 Å². The Morgan fingerprint density at radius 1 is 1.32 bits per heavy atom. The molecule has 102 valence electrons. The summed E-state index contributed by atoms with van der Waals surface area (Å²) in [5.74, 6) is 0.777.